The van der Waals surface area contributed by atoms with Gasteiger partial charge in [-0.3, -0.25) is 9.59 Å². The second-order valence-corrected chi connectivity index (χ2v) is 9.29. The average Bonchev–Trinajstić information content (AvgIpc) is 3.34. The Morgan fingerprint density at radius 3 is 2.83 bits per heavy atom. The molecule has 30 heavy (non-hydrogen) atoms. The second-order valence-electron chi connectivity index (χ2n) is 9.29. The van der Waals surface area contributed by atoms with Gasteiger partial charge in [0.05, 0.1) is 6.33 Å². The van der Waals surface area contributed by atoms with E-state index in [0.29, 0.717) is 25.3 Å². The maximum absolute atomic E-state index is 12.7. The van der Waals surface area contributed by atoms with Crippen LogP contribution in [0.25, 0.3) is 0 Å². The molecule has 1 saturated carbocycles. The van der Waals surface area contributed by atoms with Crippen molar-refractivity contribution in [3.63, 3.8) is 0 Å². The molecule has 2 heterocycles. The number of rotatable bonds is 8. The number of H-pyrrole nitrogens is 1. The van der Waals surface area contributed by atoms with Crippen molar-refractivity contribution in [2.24, 2.45) is 17.1 Å². The summed E-state index contributed by atoms with van der Waals surface area (Å²) in [7, 11) is 0. The van der Waals surface area contributed by atoms with Gasteiger partial charge in [-0.05, 0) is 49.0 Å². The molecule has 1 aromatic heterocycles. The molecule has 3 N–H and O–H groups in total. The van der Waals surface area contributed by atoms with Crippen LogP contribution in [0.5, 0.6) is 0 Å². The molecular weight excluding hydrogens is 376 g/mol. The lowest BCUT2D eigenvalue weighted by atomic mass is 9.63. The number of amides is 2. The lowest BCUT2D eigenvalue weighted by Crippen LogP contribution is -2.41. The van der Waals surface area contributed by atoms with Gasteiger partial charge in [-0.15, -0.1) is 0 Å². The van der Waals surface area contributed by atoms with E-state index in [2.05, 4.69) is 22.1 Å². The molecule has 2 aromatic rings. The van der Waals surface area contributed by atoms with Crippen LogP contribution in [0, 0.1) is 11.3 Å². The number of hydrogen-bond donors (Lipinski definition) is 2. The van der Waals surface area contributed by atoms with Gasteiger partial charge >= 0.3 is 0 Å². The van der Waals surface area contributed by atoms with Crippen LogP contribution in [0.1, 0.15) is 62.6 Å². The van der Waals surface area contributed by atoms with E-state index in [-0.39, 0.29) is 23.3 Å². The van der Waals surface area contributed by atoms with E-state index in [1.807, 2.05) is 29.3 Å². The van der Waals surface area contributed by atoms with Crippen molar-refractivity contribution >= 4 is 11.8 Å². The number of nitrogens with two attached hydrogens (primary N) is 1. The Labute approximate surface area is 178 Å². The Morgan fingerprint density at radius 1 is 1.27 bits per heavy atom. The third-order valence-corrected chi connectivity index (χ3v) is 6.97. The predicted molar refractivity (Wildman–Crippen MR) is 115 cm³/mol. The van der Waals surface area contributed by atoms with Crippen molar-refractivity contribution in [3.8, 4) is 0 Å². The molecule has 0 unspecified atom stereocenters. The van der Waals surface area contributed by atoms with Crippen LogP contribution in [0.15, 0.2) is 42.9 Å². The Morgan fingerprint density at radius 2 is 2.10 bits per heavy atom. The zero-order valence-corrected chi connectivity index (χ0v) is 17.6. The molecule has 2 aliphatic rings. The fraction of sp³-hybridized carbons (Fsp3) is 0.542. The van der Waals surface area contributed by atoms with Gasteiger partial charge in [0.2, 0.25) is 11.8 Å². The van der Waals surface area contributed by atoms with E-state index in [0.717, 1.165) is 56.2 Å². The Hall–Kier alpha value is -2.63. The van der Waals surface area contributed by atoms with Crippen LogP contribution in [0.4, 0.5) is 0 Å². The maximum Gasteiger partial charge on any atom is 0.223 e. The van der Waals surface area contributed by atoms with Gasteiger partial charge in [-0.2, -0.15) is 0 Å². The molecule has 0 spiro atoms. The molecule has 6 heteroatoms. The van der Waals surface area contributed by atoms with Crippen LogP contribution < -0.4 is 5.73 Å². The minimum atomic E-state index is -0.226. The number of hydrogen-bond acceptors (Lipinski definition) is 3. The van der Waals surface area contributed by atoms with Crippen molar-refractivity contribution < 1.29 is 9.59 Å². The zero-order valence-electron chi connectivity index (χ0n) is 17.6. The number of primary amides is 1. The standard InChI is InChI=1S/C24H32N4O2/c25-22(29)14-24(10-4-7-19(12-24)11-20-15-26-17-27-20)13-21-8-9-23(30)28(21)16-18-5-2-1-3-6-18/h1-3,5-6,15,17,19,21H,4,7-14,16H2,(H2,25,29)(H,26,27)/t19-,21-,24-/m0/s1. The van der Waals surface area contributed by atoms with E-state index in [1.54, 1.807) is 6.33 Å². The van der Waals surface area contributed by atoms with E-state index in [9.17, 15) is 9.59 Å². The van der Waals surface area contributed by atoms with Gasteiger partial charge in [0.25, 0.3) is 0 Å². The van der Waals surface area contributed by atoms with E-state index in [1.165, 1.54) is 0 Å². The summed E-state index contributed by atoms with van der Waals surface area (Å²) in [6.07, 6.45) is 11.6. The summed E-state index contributed by atoms with van der Waals surface area (Å²) >= 11 is 0. The fourth-order valence-corrected chi connectivity index (χ4v) is 5.75. The highest BCUT2D eigenvalue weighted by molar-refractivity contribution is 5.79. The lowest BCUT2D eigenvalue weighted by Gasteiger charge is -2.43. The first kappa shape index (κ1) is 20.6. The zero-order chi connectivity index (χ0) is 21.0. The monoisotopic (exact) mass is 408 g/mol. The molecule has 1 aliphatic heterocycles. The molecule has 4 rings (SSSR count). The number of carbonyl (C=O) groups is 2. The predicted octanol–water partition coefficient (Wildman–Crippen LogP) is 3.59. The normalized spacial score (nSPS) is 26.8. The Balaban J connectivity index is 1.49. The number of imidazole rings is 1. The summed E-state index contributed by atoms with van der Waals surface area (Å²) in [6, 6.07) is 10.4. The van der Waals surface area contributed by atoms with Gasteiger partial charge in [-0.25, -0.2) is 4.98 Å². The van der Waals surface area contributed by atoms with E-state index < -0.39 is 0 Å². The highest BCUT2D eigenvalue weighted by Gasteiger charge is 2.43. The third-order valence-electron chi connectivity index (χ3n) is 6.97. The summed E-state index contributed by atoms with van der Waals surface area (Å²) in [6.45, 7) is 0.647. The number of benzene rings is 1. The third kappa shape index (κ3) is 4.91. The van der Waals surface area contributed by atoms with Gasteiger partial charge in [-0.1, -0.05) is 43.2 Å². The average molecular weight is 409 g/mol. The lowest BCUT2D eigenvalue weighted by molar-refractivity contribution is -0.130. The summed E-state index contributed by atoms with van der Waals surface area (Å²) in [4.78, 5) is 34.1. The Bertz CT molecular complexity index is 851. The number of likely N-dealkylation sites (tertiary alicyclic amines) is 1. The fourth-order valence-electron chi connectivity index (χ4n) is 5.75. The highest BCUT2D eigenvalue weighted by atomic mass is 16.2. The number of nitrogens with zero attached hydrogens (tertiary/aromatic N) is 2. The summed E-state index contributed by atoms with van der Waals surface area (Å²) in [5.74, 6) is 0.511. The first-order valence-electron chi connectivity index (χ1n) is 11.1. The summed E-state index contributed by atoms with van der Waals surface area (Å²) < 4.78 is 0. The van der Waals surface area contributed by atoms with Crippen molar-refractivity contribution in [2.45, 2.75) is 70.4 Å². The molecule has 1 aliphatic carbocycles. The quantitative estimate of drug-likeness (QED) is 0.699. The van der Waals surface area contributed by atoms with Crippen LogP contribution in [0.3, 0.4) is 0 Å². The summed E-state index contributed by atoms with van der Waals surface area (Å²) in [5.41, 5.74) is 7.91. The smallest absolute Gasteiger partial charge is 0.223 e. The molecular formula is C24H32N4O2. The van der Waals surface area contributed by atoms with Crippen molar-refractivity contribution in [3.05, 3.63) is 54.1 Å². The minimum absolute atomic E-state index is 0.112. The largest absolute Gasteiger partial charge is 0.370 e. The van der Waals surface area contributed by atoms with Crippen molar-refractivity contribution in [1.29, 1.82) is 0 Å². The van der Waals surface area contributed by atoms with Gasteiger partial charge in [0, 0.05) is 37.3 Å². The van der Waals surface area contributed by atoms with Crippen molar-refractivity contribution in [2.75, 3.05) is 0 Å². The molecule has 2 amide bonds. The molecule has 0 radical (unpaired) electrons. The van der Waals surface area contributed by atoms with Crippen LogP contribution in [-0.4, -0.2) is 32.7 Å². The second kappa shape index (κ2) is 9.02. The van der Waals surface area contributed by atoms with Crippen LogP contribution >= 0.6 is 0 Å². The van der Waals surface area contributed by atoms with Crippen molar-refractivity contribution in [1.82, 2.24) is 14.9 Å². The molecule has 0 bridgehead atoms. The highest BCUT2D eigenvalue weighted by Crippen LogP contribution is 2.48. The number of nitrogens with one attached hydrogen (secondary N) is 1. The van der Waals surface area contributed by atoms with E-state index in [4.69, 9.17) is 5.73 Å². The van der Waals surface area contributed by atoms with E-state index >= 15 is 0 Å². The number of aromatic amines is 1. The van der Waals surface area contributed by atoms with Gasteiger partial charge < -0.3 is 15.6 Å². The molecule has 3 atom stereocenters. The topological polar surface area (TPSA) is 92.1 Å². The molecule has 2 fully saturated rings. The maximum atomic E-state index is 12.7. The van der Waals surface area contributed by atoms with Crippen LogP contribution in [-0.2, 0) is 22.6 Å². The van der Waals surface area contributed by atoms with Gasteiger partial charge in [0.15, 0.2) is 0 Å². The summed E-state index contributed by atoms with van der Waals surface area (Å²) in [5, 5.41) is 0. The molecule has 1 saturated heterocycles. The molecule has 1 aromatic carbocycles. The number of carbonyl (C=O) groups excluding carboxylic acids is 2. The Kier molecular flexibility index (Phi) is 6.21. The number of aromatic nitrogens is 2. The molecule has 6 nitrogen and oxygen atoms in total. The first-order chi connectivity index (χ1) is 14.5. The first-order valence-corrected chi connectivity index (χ1v) is 11.1. The van der Waals surface area contributed by atoms with Crippen LogP contribution in [0.2, 0.25) is 0 Å². The van der Waals surface area contributed by atoms with Gasteiger partial charge in [0.1, 0.15) is 0 Å². The molecule has 160 valence electrons. The SMILES string of the molecule is NC(=O)C[C@@]1(C[C@@H]2CCC(=O)N2Cc2ccccc2)CCC[C@@H](Cc2cnc[nH]2)C1. The minimum Gasteiger partial charge on any atom is -0.370 e.